The van der Waals surface area contributed by atoms with Gasteiger partial charge in [0.1, 0.15) is 0 Å². The lowest BCUT2D eigenvalue weighted by molar-refractivity contribution is 0.0340. The predicted octanol–water partition coefficient (Wildman–Crippen LogP) is 0.597. The number of imidazole rings is 1. The van der Waals surface area contributed by atoms with Crippen molar-refractivity contribution in [3.63, 3.8) is 0 Å². The molecule has 4 heterocycles. The first-order valence-electron chi connectivity index (χ1n) is 8.59. The molecule has 134 valence electrons. The van der Waals surface area contributed by atoms with Crippen molar-refractivity contribution in [2.75, 3.05) is 24.6 Å². The molecule has 0 amide bonds. The van der Waals surface area contributed by atoms with Gasteiger partial charge in [0.15, 0.2) is 9.84 Å². The van der Waals surface area contributed by atoms with E-state index in [-0.39, 0.29) is 23.6 Å². The van der Waals surface area contributed by atoms with Crippen molar-refractivity contribution in [1.82, 2.24) is 24.8 Å². The van der Waals surface area contributed by atoms with Crippen molar-refractivity contribution < 1.29 is 8.42 Å². The van der Waals surface area contributed by atoms with Crippen LogP contribution in [-0.4, -0.2) is 69.8 Å². The number of sulfone groups is 1. The van der Waals surface area contributed by atoms with Crippen molar-refractivity contribution in [3.05, 3.63) is 47.8 Å². The molecule has 0 spiro atoms. The van der Waals surface area contributed by atoms with Crippen LogP contribution >= 0.6 is 0 Å². The summed E-state index contributed by atoms with van der Waals surface area (Å²) in [6.45, 7) is 5.09. The third-order valence-electron chi connectivity index (χ3n) is 5.28. The van der Waals surface area contributed by atoms with Crippen LogP contribution in [0, 0.1) is 6.92 Å². The number of aryl methyl sites for hydroxylation is 1. The van der Waals surface area contributed by atoms with Crippen LogP contribution in [0.3, 0.4) is 0 Å². The molecule has 0 saturated carbocycles. The molecule has 1 N–H and O–H groups in total. The molecule has 25 heavy (non-hydrogen) atoms. The largest absolute Gasteiger partial charge is 0.348 e. The smallest absolute Gasteiger partial charge is 0.153 e. The van der Waals surface area contributed by atoms with Gasteiger partial charge in [0.05, 0.1) is 29.2 Å². The SMILES string of the molecule is Cc1[nH]cnc1CN1CCN(Cc2ccccn2)[C@@H]2CS(=O)(=O)C[C@@H]21. The molecule has 2 aliphatic heterocycles. The fraction of sp³-hybridized carbons (Fsp3) is 0.529. The van der Waals surface area contributed by atoms with Gasteiger partial charge < -0.3 is 4.98 Å². The van der Waals surface area contributed by atoms with Crippen molar-refractivity contribution >= 4 is 9.84 Å². The molecule has 4 rings (SSSR count). The van der Waals surface area contributed by atoms with E-state index in [1.807, 2.05) is 25.1 Å². The first-order chi connectivity index (χ1) is 12.0. The summed E-state index contributed by atoms with van der Waals surface area (Å²) in [5, 5.41) is 0. The van der Waals surface area contributed by atoms with Crippen LogP contribution in [0.25, 0.3) is 0 Å². The summed E-state index contributed by atoms with van der Waals surface area (Å²) in [6.07, 6.45) is 3.49. The summed E-state index contributed by atoms with van der Waals surface area (Å²) < 4.78 is 24.6. The van der Waals surface area contributed by atoms with E-state index in [1.165, 1.54) is 0 Å². The average Bonchev–Trinajstić information content (AvgIpc) is 3.13. The van der Waals surface area contributed by atoms with Crippen LogP contribution in [-0.2, 0) is 22.9 Å². The fourth-order valence-corrected chi connectivity index (χ4v) is 5.97. The Morgan fingerprint density at radius 3 is 2.44 bits per heavy atom. The number of pyridine rings is 1. The molecule has 0 unspecified atom stereocenters. The van der Waals surface area contributed by atoms with Gasteiger partial charge >= 0.3 is 0 Å². The molecule has 2 aromatic heterocycles. The third kappa shape index (κ3) is 3.47. The Labute approximate surface area is 148 Å². The Bertz CT molecular complexity index is 836. The van der Waals surface area contributed by atoms with E-state index >= 15 is 0 Å². The summed E-state index contributed by atoms with van der Waals surface area (Å²) in [7, 11) is -3.01. The number of hydrogen-bond donors (Lipinski definition) is 1. The molecule has 2 aromatic rings. The van der Waals surface area contributed by atoms with Gasteiger partial charge in [-0.3, -0.25) is 14.8 Å². The number of H-pyrrole nitrogens is 1. The van der Waals surface area contributed by atoms with E-state index in [0.29, 0.717) is 13.1 Å². The number of rotatable bonds is 4. The number of aromatic nitrogens is 3. The molecule has 7 nitrogen and oxygen atoms in total. The highest BCUT2D eigenvalue weighted by molar-refractivity contribution is 7.91. The highest BCUT2D eigenvalue weighted by Gasteiger charge is 2.46. The lowest BCUT2D eigenvalue weighted by Gasteiger charge is -2.43. The zero-order chi connectivity index (χ0) is 17.4. The summed E-state index contributed by atoms with van der Waals surface area (Å²) >= 11 is 0. The molecule has 0 radical (unpaired) electrons. The number of hydrogen-bond acceptors (Lipinski definition) is 6. The standard InChI is InChI=1S/C17H23N5O2S/c1-13-15(20-12-19-13)9-22-7-6-21(8-14-4-2-3-5-18-14)16-10-25(23,24)11-17(16)22/h2-5,12,16-17H,6-11H2,1H3,(H,19,20)/t16-,17+/m1/s1. The van der Waals surface area contributed by atoms with Crippen molar-refractivity contribution in [2.24, 2.45) is 0 Å². The number of aromatic amines is 1. The van der Waals surface area contributed by atoms with Gasteiger partial charge in [0.2, 0.25) is 0 Å². The Morgan fingerprint density at radius 1 is 1.12 bits per heavy atom. The van der Waals surface area contributed by atoms with E-state index in [0.717, 1.165) is 30.2 Å². The van der Waals surface area contributed by atoms with Gasteiger partial charge in [-0.2, -0.15) is 0 Å². The molecule has 0 aliphatic carbocycles. The fourth-order valence-electron chi connectivity index (χ4n) is 3.93. The monoisotopic (exact) mass is 361 g/mol. The lowest BCUT2D eigenvalue weighted by Crippen LogP contribution is -2.58. The maximum atomic E-state index is 12.3. The second-order valence-corrected chi connectivity index (χ2v) is 9.10. The quantitative estimate of drug-likeness (QED) is 0.859. The maximum Gasteiger partial charge on any atom is 0.153 e. The van der Waals surface area contributed by atoms with Gasteiger partial charge in [-0.15, -0.1) is 0 Å². The Balaban J connectivity index is 1.54. The van der Waals surface area contributed by atoms with Gasteiger partial charge in [-0.1, -0.05) is 6.07 Å². The second kappa shape index (κ2) is 6.51. The normalized spacial score (nSPS) is 26.6. The average molecular weight is 361 g/mol. The van der Waals surface area contributed by atoms with Gasteiger partial charge in [-0.25, -0.2) is 13.4 Å². The van der Waals surface area contributed by atoms with Crippen LogP contribution < -0.4 is 0 Å². The second-order valence-electron chi connectivity index (χ2n) is 6.95. The number of piperazine rings is 1. The number of nitrogens with zero attached hydrogens (tertiary/aromatic N) is 4. The third-order valence-corrected chi connectivity index (χ3v) is 6.98. The highest BCUT2D eigenvalue weighted by atomic mass is 32.2. The number of fused-ring (bicyclic) bond motifs is 1. The summed E-state index contributed by atoms with van der Waals surface area (Å²) in [5.74, 6) is 0.473. The van der Waals surface area contributed by atoms with E-state index in [9.17, 15) is 8.42 Å². The van der Waals surface area contributed by atoms with Crippen LogP contribution in [0.1, 0.15) is 17.1 Å². The van der Waals surface area contributed by atoms with Crippen LogP contribution in [0.5, 0.6) is 0 Å². The lowest BCUT2D eigenvalue weighted by atomic mass is 10.0. The first kappa shape index (κ1) is 16.7. The Kier molecular flexibility index (Phi) is 4.35. The van der Waals surface area contributed by atoms with E-state index in [1.54, 1.807) is 12.5 Å². The minimum absolute atomic E-state index is 0.0264. The predicted molar refractivity (Wildman–Crippen MR) is 94.6 cm³/mol. The minimum atomic E-state index is -3.01. The van der Waals surface area contributed by atoms with Gasteiger partial charge in [0, 0.05) is 50.2 Å². The van der Waals surface area contributed by atoms with Crippen LogP contribution in [0.2, 0.25) is 0 Å². The Hall–Kier alpha value is -1.77. The Morgan fingerprint density at radius 2 is 1.84 bits per heavy atom. The first-order valence-corrected chi connectivity index (χ1v) is 10.4. The van der Waals surface area contributed by atoms with E-state index in [4.69, 9.17) is 0 Å². The molecule has 2 atom stereocenters. The van der Waals surface area contributed by atoms with Crippen molar-refractivity contribution in [3.8, 4) is 0 Å². The summed E-state index contributed by atoms with van der Waals surface area (Å²) in [4.78, 5) is 16.4. The zero-order valence-corrected chi connectivity index (χ0v) is 15.1. The molecule has 0 bridgehead atoms. The minimum Gasteiger partial charge on any atom is -0.348 e. The molecule has 2 fully saturated rings. The maximum absolute atomic E-state index is 12.3. The van der Waals surface area contributed by atoms with Crippen molar-refractivity contribution in [2.45, 2.75) is 32.1 Å². The number of nitrogens with one attached hydrogen (secondary N) is 1. The summed E-state index contributed by atoms with van der Waals surface area (Å²) in [6, 6.07) is 5.93. The molecule has 8 heteroatoms. The molecule has 2 saturated heterocycles. The highest BCUT2D eigenvalue weighted by Crippen LogP contribution is 2.29. The topological polar surface area (TPSA) is 82.2 Å². The molecule has 2 aliphatic rings. The van der Waals surface area contributed by atoms with E-state index < -0.39 is 9.84 Å². The zero-order valence-electron chi connectivity index (χ0n) is 14.3. The van der Waals surface area contributed by atoms with Crippen LogP contribution in [0.4, 0.5) is 0 Å². The van der Waals surface area contributed by atoms with Gasteiger partial charge in [0.25, 0.3) is 0 Å². The van der Waals surface area contributed by atoms with Crippen molar-refractivity contribution in [1.29, 1.82) is 0 Å². The van der Waals surface area contributed by atoms with E-state index in [2.05, 4.69) is 24.8 Å². The van der Waals surface area contributed by atoms with Crippen LogP contribution in [0.15, 0.2) is 30.7 Å². The van der Waals surface area contributed by atoms with Gasteiger partial charge in [-0.05, 0) is 19.1 Å². The molecular weight excluding hydrogens is 338 g/mol. The molecular formula is C17H23N5O2S. The molecule has 0 aromatic carbocycles. The summed E-state index contributed by atoms with van der Waals surface area (Å²) in [5.41, 5.74) is 3.04.